The molecular weight excluding hydrogens is 440 g/mol. The monoisotopic (exact) mass is 458 g/mol. The van der Waals surface area contributed by atoms with Crippen LogP contribution in [0.1, 0.15) is 25.3 Å². The third kappa shape index (κ3) is 4.00. The fraction of sp³-hybridized carbons (Fsp3) is 0.200. The Hall–Kier alpha value is -1.96. The average Bonchev–Trinajstić information content (AvgIpc) is 3.39. The van der Waals surface area contributed by atoms with Gasteiger partial charge in [0.05, 0.1) is 20.6 Å². The highest BCUT2D eigenvalue weighted by Crippen LogP contribution is 2.31. The first-order valence-corrected chi connectivity index (χ1v) is 11.3. The molecule has 0 amide bonds. The summed E-state index contributed by atoms with van der Waals surface area (Å²) in [6.45, 7) is 3.01. The first kappa shape index (κ1) is 18.4. The Kier molecular flexibility index (Phi) is 5.71. The molecule has 0 bridgehead atoms. The minimum absolute atomic E-state index is 0.827. The quantitative estimate of drug-likeness (QED) is 0.267. The molecule has 0 unspecified atom stereocenters. The summed E-state index contributed by atoms with van der Waals surface area (Å²) in [7, 11) is 0. The maximum atomic E-state index is 4.80. The second kappa shape index (κ2) is 8.37. The van der Waals surface area contributed by atoms with Gasteiger partial charge in [0.2, 0.25) is 4.80 Å². The first-order chi connectivity index (χ1) is 13.3. The van der Waals surface area contributed by atoms with Crippen molar-refractivity contribution in [1.82, 2.24) is 9.66 Å². The zero-order valence-corrected chi connectivity index (χ0v) is 18.1. The van der Waals surface area contributed by atoms with Crippen molar-refractivity contribution in [3.8, 4) is 10.6 Å². The number of aromatic nitrogens is 2. The van der Waals surface area contributed by atoms with Crippen LogP contribution >= 0.6 is 38.6 Å². The molecule has 3 aromatic heterocycles. The SMILES string of the molecule is CCCCN=c1scc(-c2ccc(Br)s2)n1/N=C/c1c[nH]c2ccccc12. The van der Waals surface area contributed by atoms with E-state index in [4.69, 9.17) is 10.1 Å². The van der Waals surface area contributed by atoms with Crippen molar-refractivity contribution >= 4 is 55.7 Å². The summed E-state index contributed by atoms with van der Waals surface area (Å²) in [4.78, 5) is 10.2. The molecule has 0 spiro atoms. The van der Waals surface area contributed by atoms with Crippen molar-refractivity contribution < 1.29 is 0 Å². The summed E-state index contributed by atoms with van der Waals surface area (Å²) in [5, 5.41) is 8.11. The van der Waals surface area contributed by atoms with E-state index in [0.717, 1.165) is 44.7 Å². The zero-order chi connectivity index (χ0) is 18.6. The average molecular weight is 459 g/mol. The minimum Gasteiger partial charge on any atom is -0.361 e. The van der Waals surface area contributed by atoms with Gasteiger partial charge in [-0.1, -0.05) is 31.5 Å². The van der Waals surface area contributed by atoms with Gasteiger partial charge in [0, 0.05) is 34.6 Å². The summed E-state index contributed by atoms with van der Waals surface area (Å²) in [6, 6.07) is 12.4. The lowest BCUT2D eigenvalue weighted by Crippen LogP contribution is -2.12. The first-order valence-electron chi connectivity index (χ1n) is 8.83. The lowest BCUT2D eigenvalue weighted by atomic mass is 10.2. The number of halogens is 1. The van der Waals surface area contributed by atoms with Gasteiger partial charge in [0.25, 0.3) is 0 Å². The Labute approximate surface area is 174 Å². The highest BCUT2D eigenvalue weighted by molar-refractivity contribution is 9.11. The number of H-pyrrole nitrogens is 1. The van der Waals surface area contributed by atoms with E-state index in [2.05, 4.69) is 57.5 Å². The molecule has 4 aromatic rings. The maximum absolute atomic E-state index is 4.80. The molecule has 4 nitrogen and oxygen atoms in total. The van der Waals surface area contributed by atoms with E-state index in [1.165, 1.54) is 10.3 Å². The highest BCUT2D eigenvalue weighted by atomic mass is 79.9. The van der Waals surface area contributed by atoms with Gasteiger partial charge in [-0.15, -0.1) is 22.7 Å². The van der Waals surface area contributed by atoms with E-state index in [0.29, 0.717) is 0 Å². The number of nitrogens with zero attached hydrogens (tertiary/aromatic N) is 3. The van der Waals surface area contributed by atoms with E-state index >= 15 is 0 Å². The fourth-order valence-corrected chi connectivity index (χ4v) is 5.11. The van der Waals surface area contributed by atoms with Gasteiger partial charge >= 0.3 is 0 Å². The smallest absolute Gasteiger partial charge is 0.206 e. The van der Waals surface area contributed by atoms with Crippen molar-refractivity contribution in [2.45, 2.75) is 19.8 Å². The van der Waals surface area contributed by atoms with Gasteiger partial charge in [-0.25, -0.2) is 4.68 Å². The highest BCUT2D eigenvalue weighted by Gasteiger charge is 2.10. The second-order valence-electron chi connectivity index (χ2n) is 6.09. The van der Waals surface area contributed by atoms with Gasteiger partial charge in [-0.05, 0) is 40.5 Å². The number of aromatic amines is 1. The fourth-order valence-electron chi connectivity index (χ4n) is 2.80. The molecule has 138 valence electrons. The summed E-state index contributed by atoms with van der Waals surface area (Å²) in [5.74, 6) is 0. The third-order valence-corrected chi connectivity index (χ3v) is 6.70. The van der Waals surface area contributed by atoms with Crippen molar-refractivity contribution in [2.75, 3.05) is 6.54 Å². The molecule has 0 atom stereocenters. The predicted octanol–water partition coefficient (Wildman–Crippen LogP) is 6.10. The van der Waals surface area contributed by atoms with Gasteiger partial charge < -0.3 is 4.98 Å². The number of hydrogen-bond acceptors (Lipinski definition) is 4. The number of nitrogens with one attached hydrogen (secondary N) is 1. The molecule has 0 saturated carbocycles. The Bertz CT molecular complexity index is 1150. The Balaban J connectivity index is 1.77. The van der Waals surface area contributed by atoms with Gasteiger partial charge in [0.15, 0.2) is 0 Å². The van der Waals surface area contributed by atoms with Crippen LogP contribution in [0.25, 0.3) is 21.5 Å². The number of benzene rings is 1. The molecule has 0 radical (unpaired) electrons. The lowest BCUT2D eigenvalue weighted by Gasteiger charge is -2.01. The molecule has 0 aliphatic heterocycles. The van der Waals surface area contributed by atoms with E-state index in [-0.39, 0.29) is 0 Å². The number of thiazole rings is 1. The largest absolute Gasteiger partial charge is 0.361 e. The number of fused-ring (bicyclic) bond motifs is 1. The maximum Gasteiger partial charge on any atom is 0.206 e. The zero-order valence-electron chi connectivity index (χ0n) is 14.9. The molecular formula is C20H19BrN4S2. The molecule has 3 heterocycles. The molecule has 0 aliphatic rings. The van der Waals surface area contributed by atoms with E-state index in [9.17, 15) is 0 Å². The molecule has 27 heavy (non-hydrogen) atoms. The Morgan fingerprint density at radius 1 is 1.22 bits per heavy atom. The Morgan fingerprint density at radius 2 is 2.11 bits per heavy atom. The summed E-state index contributed by atoms with van der Waals surface area (Å²) in [6.07, 6.45) is 6.13. The Morgan fingerprint density at radius 3 is 2.93 bits per heavy atom. The number of hydrogen-bond donors (Lipinski definition) is 1. The van der Waals surface area contributed by atoms with Crippen LogP contribution < -0.4 is 4.80 Å². The normalized spacial score (nSPS) is 12.6. The number of unbranched alkanes of at least 4 members (excludes halogenated alkanes) is 1. The molecule has 0 saturated heterocycles. The van der Waals surface area contributed by atoms with Crippen LogP contribution in [0.4, 0.5) is 0 Å². The predicted molar refractivity (Wildman–Crippen MR) is 120 cm³/mol. The molecule has 1 aromatic carbocycles. The van der Waals surface area contributed by atoms with Crippen LogP contribution in [-0.4, -0.2) is 22.4 Å². The molecule has 0 aliphatic carbocycles. The second-order valence-corrected chi connectivity index (χ2v) is 9.39. The van der Waals surface area contributed by atoms with Crippen molar-refractivity contribution in [2.24, 2.45) is 10.1 Å². The number of rotatable bonds is 6. The summed E-state index contributed by atoms with van der Waals surface area (Å²) in [5.41, 5.74) is 3.26. The lowest BCUT2D eigenvalue weighted by molar-refractivity contribution is 0.764. The molecule has 7 heteroatoms. The van der Waals surface area contributed by atoms with Crippen LogP contribution in [0, 0.1) is 0 Å². The van der Waals surface area contributed by atoms with Crippen LogP contribution in [0.3, 0.4) is 0 Å². The van der Waals surface area contributed by atoms with Gasteiger partial charge in [-0.3, -0.25) is 4.99 Å². The van der Waals surface area contributed by atoms with Gasteiger partial charge in [-0.2, -0.15) is 5.10 Å². The van der Waals surface area contributed by atoms with E-state index in [1.54, 1.807) is 22.7 Å². The molecule has 1 N–H and O–H groups in total. The number of para-hydroxylation sites is 1. The van der Waals surface area contributed by atoms with Crippen molar-refractivity contribution in [3.05, 3.63) is 62.1 Å². The standard InChI is InChI=1S/C20H19BrN4S2/c1-2-3-10-22-20-25(17(13-26-20)18-8-9-19(21)27-18)24-12-14-11-23-16-7-5-4-6-15(14)16/h4-9,11-13,23H,2-3,10H2,1H3/b22-20?,24-12+. The van der Waals surface area contributed by atoms with Gasteiger partial charge in [0.1, 0.15) is 0 Å². The third-order valence-electron chi connectivity index (χ3n) is 4.20. The van der Waals surface area contributed by atoms with Crippen molar-refractivity contribution in [3.63, 3.8) is 0 Å². The van der Waals surface area contributed by atoms with Crippen LogP contribution in [-0.2, 0) is 0 Å². The molecule has 4 rings (SSSR count). The van der Waals surface area contributed by atoms with E-state index in [1.807, 2.05) is 29.2 Å². The van der Waals surface area contributed by atoms with Crippen LogP contribution in [0.5, 0.6) is 0 Å². The minimum atomic E-state index is 0.827. The van der Waals surface area contributed by atoms with Crippen LogP contribution in [0.15, 0.2) is 61.9 Å². The number of thiophene rings is 1. The topological polar surface area (TPSA) is 45.4 Å². The van der Waals surface area contributed by atoms with Crippen molar-refractivity contribution in [1.29, 1.82) is 0 Å². The molecule has 0 fully saturated rings. The summed E-state index contributed by atoms with van der Waals surface area (Å²) < 4.78 is 3.07. The summed E-state index contributed by atoms with van der Waals surface area (Å²) >= 11 is 6.90. The van der Waals surface area contributed by atoms with Crippen LogP contribution in [0.2, 0.25) is 0 Å². The van der Waals surface area contributed by atoms with E-state index < -0.39 is 0 Å².